The lowest BCUT2D eigenvalue weighted by molar-refractivity contribution is 0.0603. The Morgan fingerprint density at radius 1 is 1.28 bits per heavy atom. The lowest BCUT2D eigenvalue weighted by atomic mass is 10.1. The van der Waals surface area contributed by atoms with Crippen molar-refractivity contribution in [2.24, 2.45) is 7.05 Å². The van der Waals surface area contributed by atoms with Crippen molar-refractivity contribution in [3.8, 4) is 0 Å². The predicted octanol–water partition coefficient (Wildman–Crippen LogP) is 2.31. The molecule has 0 aliphatic heterocycles. The normalized spacial score (nSPS) is 15.3. The zero-order valence-corrected chi connectivity index (χ0v) is 14.0. The van der Waals surface area contributed by atoms with Crippen LogP contribution in [0.2, 0.25) is 0 Å². The van der Waals surface area contributed by atoms with Gasteiger partial charge in [-0.05, 0) is 36.6 Å². The summed E-state index contributed by atoms with van der Waals surface area (Å²) in [6.45, 7) is 0.301. The Bertz CT molecular complexity index is 902. The molecule has 128 valence electrons. The van der Waals surface area contributed by atoms with E-state index in [0.717, 1.165) is 29.4 Å². The van der Waals surface area contributed by atoms with Gasteiger partial charge in [0.1, 0.15) is 5.52 Å². The lowest BCUT2D eigenvalue weighted by Gasteiger charge is -2.25. The van der Waals surface area contributed by atoms with Crippen molar-refractivity contribution < 1.29 is 9.90 Å². The van der Waals surface area contributed by atoms with Crippen LogP contribution in [0.5, 0.6) is 0 Å². The van der Waals surface area contributed by atoms with Crippen LogP contribution in [0.15, 0.2) is 48.5 Å². The molecule has 0 radical (unpaired) electrons. The third-order valence-electron chi connectivity index (χ3n) is 4.66. The van der Waals surface area contributed by atoms with E-state index in [2.05, 4.69) is 10.3 Å². The number of aryl methyl sites for hydroxylation is 1. The third kappa shape index (κ3) is 3.13. The standard InChI is InChI=1S/C19H20N4O2/c1-22-17-11-14(7-10-16(17)20-21-22)19(25)23(15-8-9-15)12-18(24)13-5-3-2-4-6-13/h2-7,10-11,15,18,24H,8-9,12H2,1H3/t18-/m1/s1. The van der Waals surface area contributed by atoms with Crippen LogP contribution in [0.3, 0.4) is 0 Å². The molecule has 25 heavy (non-hydrogen) atoms. The predicted molar refractivity (Wildman–Crippen MR) is 94.0 cm³/mol. The second-order valence-corrected chi connectivity index (χ2v) is 6.53. The zero-order chi connectivity index (χ0) is 17.4. The molecule has 1 aromatic heterocycles. The number of benzene rings is 2. The van der Waals surface area contributed by atoms with Crippen LogP contribution in [-0.4, -0.2) is 43.5 Å². The van der Waals surface area contributed by atoms with Crippen molar-refractivity contribution in [1.82, 2.24) is 19.9 Å². The average Bonchev–Trinajstić information content (AvgIpc) is 3.43. The van der Waals surface area contributed by atoms with Gasteiger partial charge in [-0.3, -0.25) is 4.79 Å². The molecule has 4 rings (SSSR count). The summed E-state index contributed by atoms with van der Waals surface area (Å²) in [6, 6.07) is 15.1. The van der Waals surface area contributed by atoms with E-state index >= 15 is 0 Å². The number of carbonyl (C=O) groups excluding carboxylic acids is 1. The zero-order valence-electron chi connectivity index (χ0n) is 14.0. The van der Waals surface area contributed by atoms with Crippen LogP contribution in [0.1, 0.15) is 34.9 Å². The summed E-state index contributed by atoms with van der Waals surface area (Å²) in [7, 11) is 1.81. The van der Waals surface area contributed by atoms with E-state index in [0.29, 0.717) is 12.1 Å². The second-order valence-electron chi connectivity index (χ2n) is 6.53. The minimum Gasteiger partial charge on any atom is -0.387 e. The molecule has 6 nitrogen and oxygen atoms in total. The topological polar surface area (TPSA) is 71.2 Å². The van der Waals surface area contributed by atoms with Crippen LogP contribution in [0, 0.1) is 0 Å². The fourth-order valence-corrected chi connectivity index (χ4v) is 3.08. The van der Waals surface area contributed by atoms with E-state index in [-0.39, 0.29) is 11.9 Å². The first-order valence-corrected chi connectivity index (χ1v) is 8.47. The number of fused-ring (bicyclic) bond motifs is 1. The molecule has 0 bridgehead atoms. The molecule has 1 N–H and O–H groups in total. The van der Waals surface area contributed by atoms with Gasteiger partial charge >= 0.3 is 0 Å². The van der Waals surface area contributed by atoms with Crippen molar-refractivity contribution in [3.05, 3.63) is 59.7 Å². The molecule has 1 atom stereocenters. The van der Waals surface area contributed by atoms with E-state index in [1.54, 1.807) is 22.7 Å². The Hall–Kier alpha value is -2.73. The Morgan fingerprint density at radius 3 is 2.76 bits per heavy atom. The fraction of sp³-hybridized carbons (Fsp3) is 0.316. The summed E-state index contributed by atoms with van der Waals surface area (Å²) in [5, 5.41) is 18.6. The summed E-state index contributed by atoms with van der Waals surface area (Å²) in [6.07, 6.45) is 1.29. The van der Waals surface area contributed by atoms with Gasteiger partial charge in [0, 0.05) is 18.7 Å². The third-order valence-corrected chi connectivity index (χ3v) is 4.66. The largest absolute Gasteiger partial charge is 0.387 e. The lowest BCUT2D eigenvalue weighted by Crippen LogP contribution is -2.36. The maximum Gasteiger partial charge on any atom is 0.254 e. The molecule has 0 spiro atoms. The molecular formula is C19H20N4O2. The number of hydrogen-bond acceptors (Lipinski definition) is 4. The first-order valence-electron chi connectivity index (χ1n) is 8.47. The van der Waals surface area contributed by atoms with Crippen LogP contribution in [0.4, 0.5) is 0 Å². The number of aliphatic hydroxyl groups excluding tert-OH is 1. The average molecular weight is 336 g/mol. The van der Waals surface area contributed by atoms with E-state index in [9.17, 15) is 9.90 Å². The molecular weight excluding hydrogens is 316 g/mol. The highest BCUT2D eigenvalue weighted by Crippen LogP contribution is 2.30. The van der Waals surface area contributed by atoms with E-state index in [1.807, 2.05) is 42.5 Å². The van der Waals surface area contributed by atoms with Gasteiger partial charge in [-0.15, -0.1) is 5.10 Å². The highest BCUT2D eigenvalue weighted by atomic mass is 16.3. The first kappa shape index (κ1) is 15.8. The van der Waals surface area contributed by atoms with Crippen LogP contribution >= 0.6 is 0 Å². The van der Waals surface area contributed by atoms with Gasteiger partial charge < -0.3 is 10.0 Å². The Labute approximate surface area is 145 Å². The van der Waals surface area contributed by atoms with Gasteiger partial charge in [0.2, 0.25) is 0 Å². The first-order chi connectivity index (χ1) is 12.1. The van der Waals surface area contributed by atoms with Crippen molar-refractivity contribution in [3.63, 3.8) is 0 Å². The Balaban J connectivity index is 1.59. The fourth-order valence-electron chi connectivity index (χ4n) is 3.08. The summed E-state index contributed by atoms with van der Waals surface area (Å²) < 4.78 is 1.66. The number of nitrogens with zero attached hydrogens (tertiary/aromatic N) is 4. The Morgan fingerprint density at radius 2 is 2.04 bits per heavy atom. The smallest absolute Gasteiger partial charge is 0.254 e. The minimum absolute atomic E-state index is 0.0550. The molecule has 6 heteroatoms. The molecule has 2 aromatic carbocycles. The van der Waals surface area contributed by atoms with Gasteiger partial charge in [0.25, 0.3) is 5.91 Å². The molecule has 1 heterocycles. The summed E-state index contributed by atoms with van der Waals surface area (Å²) in [5.74, 6) is -0.0550. The number of rotatable bonds is 5. The number of hydrogen-bond donors (Lipinski definition) is 1. The molecule has 3 aromatic rings. The molecule has 1 amide bonds. The van der Waals surface area contributed by atoms with Crippen LogP contribution < -0.4 is 0 Å². The second kappa shape index (κ2) is 6.29. The van der Waals surface area contributed by atoms with Crippen LogP contribution in [0.25, 0.3) is 11.0 Å². The monoisotopic (exact) mass is 336 g/mol. The SMILES string of the molecule is Cn1nnc2ccc(C(=O)N(C[C@@H](O)c3ccccc3)C3CC3)cc21. The minimum atomic E-state index is -0.687. The number of aliphatic hydroxyl groups is 1. The van der Waals surface area contributed by atoms with Gasteiger partial charge in [0.05, 0.1) is 18.2 Å². The molecule has 0 saturated heterocycles. The van der Waals surface area contributed by atoms with Crippen LogP contribution in [-0.2, 0) is 7.05 Å². The molecule has 1 aliphatic carbocycles. The molecule has 1 saturated carbocycles. The number of amides is 1. The summed E-state index contributed by atoms with van der Waals surface area (Å²) in [4.78, 5) is 14.8. The molecule has 1 aliphatic rings. The van der Waals surface area contributed by atoms with Gasteiger partial charge in [-0.25, -0.2) is 4.68 Å². The maximum absolute atomic E-state index is 13.0. The number of aromatic nitrogens is 3. The molecule has 1 fully saturated rings. The molecule has 0 unspecified atom stereocenters. The van der Waals surface area contributed by atoms with Gasteiger partial charge in [-0.2, -0.15) is 0 Å². The van der Waals surface area contributed by atoms with E-state index in [4.69, 9.17) is 0 Å². The van der Waals surface area contributed by atoms with Crippen molar-refractivity contribution >= 4 is 16.9 Å². The quantitative estimate of drug-likeness (QED) is 0.776. The van der Waals surface area contributed by atoms with Crippen molar-refractivity contribution in [1.29, 1.82) is 0 Å². The van der Waals surface area contributed by atoms with E-state index in [1.165, 1.54) is 0 Å². The highest BCUT2D eigenvalue weighted by Gasteiger charge is 2.34. The van der Waals surface area contributed by atoms with E-state index < -0.39 is 6.10 Å². The highest BCUT2D eigenvalue weighted by molar-refractivity contribution is 5.97. The summed E-state index contributed by atoms with van der Waals surface area (Å²) in [5.41, 5.74) is 3.02. The van der Waals surface area contributed by atoms with Gasteiger partial charge in [-0.1, -0.05) is 35.5 Å². The van der Waals surface area contributed by atoms with Crippen molar-refractivity contribution in [2.75, 3.05) is 6.54 Å². The maximum atomic E-state index is 13.0. The van der Waals surface area contributed by atoms with Gasteiger partial charge in [0.15, 0.2) is 0 Å². The van der Waals surface area contributed by atoms with Crippen molar-refractivity contribution in [2.45, 2.75) is 25.0 Å². The number of carbonyl (C=O) groups is 1. The Kier molecular flexibility index (Phi) is 3.97. The summed E-state index contributed by atoms with van der Waals surface area (Å²) >= 11 is 0.